The monoisotopic (exact) mass is 454 g/mol. The van der Waals surface area contributed by atoms with Crippen molar-refractivity contribution in [1.82, 2.24) is 5.32 Å². The Hall–Kier alpha value is -4.32. The van der Waals surface area contributed by atoms with E-state index in [-0.39, 0.29) is 11.7 Å². The third-order valence-electron chi connectivity index (χ3n) is 5.59. The Morgan fingerprint density at radius 2 is 1.50 bits per heavy atom. The second kappa shape index (κ2) is 10.5. The first kappa shape index (κ1) is 22.9. The summed E-state index contributed by atoms with van der Waals surface area (Å²) in [5, 5.41) is 15.0. The molecule has 0 aromatic heterocycles. The Labute approximate surface area is 198 Å². The van der Waals surface area contributed by atoms with Crippen LogP contribution >= 0.6 is 0 Å². The zero-order chi connectivity index (χ0) is 23.9. The minimum Gasteiger partial charge on any atom is -0.507 e. The number of rotatable bonds is 8. The van der Waals surface area contributed by atoms with Gasteiger partial charge in [0.2, 0.25) is 0 Å². The van der Waals surface area contributed by atoms with Crippen LogP contribution < -0.4 is 14.8 Å². The number of methoxy groups -OCH3 is 2. The second-order valence-electron chi connectivity index (χ2n) is 7.75. The Bertz CT molecular complexity index is 1310. The minimum absolute atomic E-state index is 0.113. The highest BCUT2D eigenvalue weighted by Crippen LogP contribution is 2.28. The maximum absolute atomic E-state index is 13.0. The number of carbonyl (C=O) groups excluding carboxylic acids is 1. The molecule has 6 nitrogen and oxygen atoms in total. The number of carbonyl (C=O) groups is 1. The Morgan fingerprint density at radius 3 is 2.15 bits per heavy atom. The van der Waals surface area contributed by atoms with Gasteiger partial charge in [0.15, 0.2) is 0 Å². The normalized spacial score (nSPS) is 11.0. The van der Waals surface area contributed by atoms with Gasteiger partial charge in [-0.2, -0.15) is 0 Å². The Kier molecular flexibility index (Phi) is 7.08. The zero-order valence-electron chi connectivity index (χ0n) is 19.1. The topological polar surface area (TPSA) is 80.2 Å². The van der Waals surface area contributed by atoms with Crippen LogP contribution in [0.4, 0.5) is 0 Å². The molecule has 0 atom stereocenters. The van der Waals surface area contributed by atoms with Crippen molar-refractivity contribution in [2.24, 2.45) is 4.99 Å². The lowest BCUT2D eigenvalue weighted by molar-refractivity contribution is 0.0952. The lowest BCUT2D eigenvalue weighted by Gasteiger charge is -2.11. The number of phenols is 1. The molecular formula is C28H26N2O4. The molecule has 4 aromatic carbocycles. The molecule has 0 saturated carbocycles. The zero-order valence-corrected chi connectivity index (χ0v) is 19.1. The number of ether oxygens (including phenoxy) is 2. The number of nitrogens with zero attached hydrogens (tertiary/aromatic N) is 1. The second-order valence-corrected chi connectivity index (χ2v) is 7.75. The fourth-order valence-corrected chi connectivity index (χ4v) is 3.70. The van der Waals surface area contributed by atoms with Crippen molar-refractivity contribution in [3.8, 4) is 17.2 Å². The first-order valence-corrected chi connectivity index (χ1v) is 10.9. The lowest BCUT2D eigenvalue weighted by atomic mass is 9.99. The van der Waals surface area contributed by atoms with Crippen LogP contribution in [0.25, 0.3) is 10.8 Å². The van der Waals surface area contributed by atoms with E-state index in [2.05, 4.69) is 10.3 Å². The molecule has 0 aliphatic rings. The summed E-state index contributed by atoms with van der Waals surface area (Å²) >= 11 is 0. The summed E-state index contributed by atoms with van der Waals surface area (Å²) in [6.45, 7) is 0.856. The molecule has 0 heterocycles. The van der Waals surface area contributed by atoms with Crippen LogP contribution in [0.2, 0.25) is 0 Å². The Morgan fingerprint density at radius 1 is 0.853 bits per heavy atom. The molecule has 0 unspecified atom stereocenters. The average molecular weight is 455 g/mol. The number of fused-ring (bicyclic) bond motifs is 1. The van der Waals surface area contributed by atoms with Crippen LogP contribution in [0.15, 0.2) is 83.9 Å². The van der Waals surface area contributed by atoms with Crippen LogP contribution in [0, 0.1) is 0 Å². The van der Waals surface area contributed by atoms with Crippen molar-refractivity contribution in [2.45, 2.75) is 13.1 Å². The Balaban J connectivity index is 1.53. The van der Waals surface area contributed by atoms with Gasteiger partial charge in [-0.3, -0.25) is 9.79 Å². The first-order valence-electron chi connectivity index (χ1n) is 10.9. The summed E-state index contributed by atoms with van der Waals surface area (Å²) < 4.78 is 10.4. The molecule has 172 valence electrons. The van der Waals surface area contributed by atoms with Crippen molar-refractivity contribution in [1.29, 1.82) is 0 Å². The van der Waals surface area contributed by atoms with Crippen molar-refractivity contribution in [3.05, 3.63) is 101 Å². The molecule has 0 fully saturated rings. The van der Waals surface area contributed by atoms with Crippen LogP contribution in [-0.2, 0) is 13.1 Å². The van der Waals surface area contributed by atoms with E-state index in [0.717, 1.165) is 33.4 Å². The van der Waals surface area contributed by atoms with Gasteiger partial charge in [-0.05, 0) is 64.4 Å². The molecular weight excluding hydrogens is 428 g/mol. The summed E-state index contributed by atoms with van der Waals surface area (Å²) in [6.07, 6.45) is 1.65. The number of aromatic hydroxyl groups is 1. The van der Waals surface area contributed by atoms with Crippen LogP contribution in [-0.4, -0.2) is 31.4 Å². The van der Waals surface area contributed by atoms with Gasteiger partial charge < -0.3 is 19.9 Å². The third kappa shape index (κ3) is 5.18. The highest BCUT2D eigenvalue weighted by Gasteiger charge is 2.13. The summed E-state index contributed by atoms with van der Waals surface area (Å²) in [7, 11) is 3.25. The number of nitrogens with one attached hydrogen (secondary N) is 1. The van der Waals surface area contributed by atoms with Gasteiger partial charge in [-0.1, -0.05) is 36.4 Å². The van der Waals surface area contributed by atoms with Crippen LogP contribution in [0.3, 0.4) is 0 Å². The summed E-state index contributed by atoms with van der Waals surface area (Å²) in [5.41, 5.74) is 3.11. The van der Waals surface area contributed by atoms with Crippen LogP contribution in [0.1, 0.15) is 27.0 Å². The van der Waals surface area contributed by atoms with Gasteiger partial charge in [-0.25, -0.2) is 0 Å². The van der Waals surface area contributed by atoms with E-state index in [1.165, 1.54) is 0 Å². The molecule has 0 bridgehead atoms. The van der Waals surface area contributed by atoms with Gasteiger partial charge in [0.05, 0.1) is 20.8 Å². The SMILES string of the molecule is COc1ccc(C/N=C/c2c(O)ccc3c(C(=O)NCc4ccc(OC)cc4)cccc23)cc1. The third-order valence-corrected chi connectivity index (χ3v) is 5.59. The molecule has 0 radical (unpaired) electrons. The summed E-state index contributed by atoms with van der Waals surface area (Å²) in [4.78, 5) is 17.5. The lowest BCUT2D eigenvalue weighted by Crippen LogP contribution is -2.23. The number of hydrogen-bond acceptors (Lipinski definition) is 5. The van der Waals surface area contributed by atoms with E-state index in [1.807, 2.05) is 60.7 Å². The van der Waals surface area contributed by atoms with Crippen molar-refractivity contribution >= 4 is 22.9 Å². The quantitative estimate of drug-likeness (QED) is 0.363. The highest BCUT2D eigenvalue weighted by atomic mass is 16.5. The van der Waals surface area contributed by atoms with Gasteiger partial charge in [0.25, 0.3) is 5.91 Å². The van der Waals surface area contributed by atoms with E-state index >= 15 is 0 Å². The number of aliphatic imine (C=N–C) groups is 1. The molecule has 4 aromatic rings. The molecule has 0 spiro atoms. The smallest absolute Gasteiger partial charge is 0.252 e. The van der Waals surface area contributed by atoms with E-state index in [9.17, 15) is 9.90 Å². The average Bonchev–Trinajstić information content (AvgIpc) is 2.88. The minimum atomic E-state index is -0.187. The van der Waals surface area contributed by atoms with E-state index in [1.54, 1.807) is 38.6 Å². The number of benzene rings is 4. The molecule has 1 amide bonds. The molecule has 0 aliphatic carbocycles. The standard InChI is InChI=1S/C28H26N2O4/c1-33-21-10-6-19(7-11-21)16-29-18-26-23-4-3-5-25(24(23)14-15-27(26)31)28(32)30-17-20-8-12-22(34-2)13-9-20/h3-15,18,31H,16-17H2,1-2H3,(H,30,32)/b29-18+. The highest BCUT2D eigenvalue weighted by molar-refractivity contribution is 6.11. The van der Waals surface area contributed by atoms with Gasteiger partial charge in [0.1, 0.15) is 17.2 Å². The maximum atomic E-state index is 13.0. The van der Waals surface area contributed by atoms with Crippen molar-refractivity contribution < 1.29 is 19.4 Å². The summed E-state index contributed by atoms with van der Waals surface area (Å²) in [5.74, 6) is 1.48. The predicted molar refractivity (Wildman–Crippen MR) is 134 cm³/mol. The van der Waals surface area contributed by atoms with Crippen molar-refractivity contribution in [2.75, 3.05) is 14.2 Å². The van der Waals surface area contributed by atoms with Crippen LogP contribution in [0.5, 0.6) is 17.2 Å². The maximum Gasteiger partial charge on any atom is 0.252 e. The predicted octanol–water partition coefficient (Wildman–Crippen LogP) is 5.11. The van der Waals surface area contributed by atoms with Gasteiger partial charge >= 0.3 is 0 Å². The summed E-state index contributed by atoms with van der Waals surface area (Å²) in [6, 6.07) is 24.0. The largest absolute Gasteiger partial charge is 0.507 e. The molecule has 0 aliphatic heterocycles. The first-order chi connectivity index (χ1) is 16.6. The fraction of sp³-hybridized carbons (Fsp3) is 0.143. The molecule has 4 rings (SSSR count). The number of phenolic OH excluding ortho intramolecular Hbond substituents is 1. The fourth-order valence-electron chi connectivity index (χ4n) is 3.70. The molecule has 0 saturated heterocycles. The molecule has 6 heteroatoms. The van der Waals surface area contributed by atoms with E-state index in [4.69, 9.17) is 9.47 Å². The van der Waals surface area contributed by atoms with Gasteiger partial charge in [0, 0.05) is 23.9 Å². The molecule has 34 heavy (non-hydrogen) atoms. The van der Waals surface area contributed by atoms with Crippen molar-refractivity contribution in [3.63, 3.8) is 0 Å². The molecule has 2 N–H and O–H groups in total. The van der Waals surface area contributed by atoms with Gasteiger partial charge in [-0.15, -0.1) is 0 Å². The van der Waals surface area contributed by atoms with E-state index < -0.39 is 0 Å². The number of hydrogen-bond donors (Lipinski definition) is 2. The van der Waals surface area contributed by atoms with E-state index in [0.29, 0.717) is 24.2 Å². The number of amides is 1.